The number of nitrogens with one attached hydrogen (secondary N) is 1. The minimum absolute atomic E-state index is 0.00708. The van der Waals surface area contributed by atoms with E-state index in [4.69, 9.17) is 4.42 Å². The van der Waals surface area contributed by atoms with Crippen molar-refractivity contribution < 1.29 is 14.3 Å². The third-order valence-electron chi connectivity index (χ3n) is 4.19. The standard InChI is InChI=1S/C15H24N2O3/c1-3-12-10-17(7-6-14(12)18)11(2)15(19)16-9-13-5-4-8-20-13/h4-5,8,11-12,14,18H,3,6-7,9-10H2,1-2H3,(H,16,19). The first kappa shape index (κ1) is 15.1. The number of nitrogens with zero attached hydrogens (tertiary/aromatic N) is 1. The molecule has 0 radical (unpaired) electrons. The maximum atomic E-state index is 12.2. The fourth-order valence-corrected chi connectivity index (χ4v) is 2.70. The van der Waals surface area contributed by atoms with Gasteiger partial charge in [-0.15, -0.1) is 0 Å². The summed E-state index contributed by atoms with van der Waals surface area (Å²) < 4.78 is 5.20. The number of furan rings is 1. The van der Waals surface area contributed by atoms with Crippen molar-refractivity contribution in [2.75, 3.05) is 13.1 Å². The summed E-state index contributed by atoms with van der Waals surface area (Å²) in [5, 5.41) is 12.8. The molecular weight excluding hydrogens is 256 g/mol. The summed E-state index contributed by atoms with van der Waals surface area (Å²) in [6.07, 6.45) is 3.06. The first-order chi connectivity index (χ1) is 9.61. The summed E-state index contributed by atoms with van der Waals surface area (Å²) in [4.78, 5) is 14.3. The summed E-state index contributed by atoms with van der Waals surface area (Å²) in [6, 6.07) is 3.48. The van der Waals surface area contributed by atoms with Crippen LogP contribution in [0.25, 0.3) is 0 Å². The molecule has 5 heteroatoms. The number of piperidine rings is 1. The second kappa shape index (κ2) is 6.90. The highest BCUT2D eigenvalue weighted by Crippen LogP contribution is 2.21. The van der Waals surface area contributed by atoms with E-state index in [9.17, 15) is 9.90 Å². The minimum Gasteiger partial charge on any atom is -0.467 e. The first-order valence-corrected chi connectivity index (χ1v) is 7.34. The zero-order valence-electron chi connectivity index (χ0n) is 12.2. The van der Waals surface area contributed by atoms with E-state index in [1.54, 1.807) is 6.26 Å². The Balaban J connectivity index is 1.83. The normalized spacial score (nSPS) is 25.4. The second-order valence-electron chi connectivity index (χ2n) is 5.49. The van der Waals surface area contributed by atoms with E-state index in [-0.39, 0.29) is 24.0 Å². The maximum absolute atomic E-state index is 12.2. The van der Waals surface area contributed by atoms with Crippen LogP contribution in [-0.4, -0.2) is 41.1 Å². The number of hydrogen-bond acceptors (Lipinski definition) is 4. The number of aliphatic hydroxyl groups is 1. The molecule has 1 aromatic rings. The number of hydrogen-bond donors (Lipinski definition) is 2. The van der Waals surface area contributed by atoms with Crippen LogP contribution in [0.4, 0.5) is 0 Å². The van der Waals surface area contributed by atoms with Crippen LogP contribution in [0.1, 0.15) is 32.4 Å². The molecule has 0 aromatic carbocycles. The van der Waals surface area contributed by atoms with Crippen LogP contribution in [0, 0.1) is 5.92 Å². The molecule has 1 amide bonds. The van der Waals surface area contributed by atoms with E-state index in [0.29, 0.717) is 6.54 Å². The molecule has 0 saturated carbocycles. The molecule has 3 unspecified atom stereocenters. The lowest BCUT2D eigenvalue weighted by molar-refractivity contribution is -0.127. The zero-order chi connectivity index (χ0) is 14.5. The predicted molar refractivity (Wildman–Crippen MR) is 76.0 cm³/mol. The Hall–Kier alpha value is -1.33. The fourth-order valence-electron chi connectivity index (χ4n) is 2.70. The number of rotatable bonds is 5. The van der Waals surface area contributed by atoms with Gasteiger partial charge in [0.05, 0.1) is 25.0 Å². The largest absolute Gasteiger partial charge is 0.467 e. The highest BCUT2D eigenvalue weighted by Gasteiger charge is 2.31. The molecule has 3 atom stereocenters. The smallest absolute Gasteiger partial charge is 0.237 e. The third-order valence-corrected chi connectivity index (χ3v) is 4.19. The van der Waals surface area contributed by atoms with Gasteiger partial charge in [-0.2, -0.15) is 0 Å². The van der Waals surface area contributed by atoms with Crippen molar-refractivity contribution in [3.63, 3.8) is 0 Å². The molecule has 0 aliphatic carbocycles. The Bertz CT molecular complexity index is 419. The Morgan fingerprint density at radius 2 is 2.45 bits per heavy atom. The molecule has 2 rings (SSSR count). The summed E-state index contributed by atoms with van der Waals surface area (Å²) in [5.74, 6) is 1.03. The number of aliphatic hydroxyl groups excluding tert-OH is 1. The predicted octanol–water partition coefficient (Wildman–Crippen LogP) is 1.38. The van der Waals surface area contributed by atoms with Crippen molar-refractivity contribution in [3.05, 3.63) is 24.2 Å². The second-order valence-corrected chi connectivity index (χ2v) is 5.49. The molecule has 1 aliphatic heterocycles. The maximum Gasteiger partial charge on any atom is 0.237 e. The van der Waals surface area contributed by atoms with Crippen LogP contribution >= 0.6 is 0 Å². The quantitative estimate of drug-likeness (QED) is 0.855. The third kappa shape index (κ3) is 3.61. The van der Waals surface area contributed by atoms with Gasteiger partial charge in [0, 0.05) is 13.1 Å². The summed E-state index contributed by atoms with van der Waals surface area (Å²) in [6.45, 7) is 5.98. The highest BCUT2D eigenvalue weighted by molar-refractivity contribution is 5.81. The molecule has 2 heterocycles. The molecule has 112 valence electrons. The van der Waals surface area contributed by atoms with Crippen LogP contribution in [0.15, 0.2) is 22.8 Å². The topological polar surface area (TPSA) is 65.7 Å². The number of amides is 1. The van der Waals surface area contributed by atoms with Crippen LogP contribution in [0.3, 0.4) is 0 Å². The average molecular weight is 280 g/mol. The molecule has 0 spiro atoms. The Morgan fingerprint density at radius 3 is 3.10 bits per heavy atom. The Morgan fingerprint density at radius 1 is 1.65 bits per heavy atom. The van der Waals surface area contributed by atoms with Crippen molar-refractivity contribution in [1.29, 1.82) is 0 Å². The highest BCUT2D eigenvalue weighted by atomic mass is 16.3. The SMILES string of the molecule is CCC1CN(C(C)C(=O)NCc2ccco2)CCC1O. The van der Waals surface area contributed by atoms with Crippen molar-refractivity contribution in [2.24, 2.45) is 5.92 Å². The Kier molecular flexibility index (Phi) is 5.20. The van der Waals surface area contributed by atoms with Gasteiger partial charge >= 0.3 is 0 Å². The molecule has 1 aromatic heterocycles. The molecule has 1 saturated heterocycles. The van der Waals surface area contributed by atoms with E-state index in [2.05, 4.69) is 17.1 Å². The van der Waals surface area contributed by atoms with Gasteiger partial charge in [0.25, 0.3) is 0 Å². The molecule has 1 aliphatic rings. The van der Waals surface area contributed by atoms with E-state index in [1.807, 2.05) is 19.1 Å². The van der Waals surface area contributed by atoms with Gasteiger partial charge in [-0.05, 0) is 37.8 Å². The van der Waals surface area contributed by atoms with Gasteiger partial charge in [-0.3, -0.25) is 9.69 Å². The van der Waals surface area contributed by atoms with Crippen molar-refractivity contribution in [2.45, 2.75) is 45.4 Å². The van der Waals surface area contributed by atoms with Gasteiger partial charge in [-0.1, -0.05) is 6.92 Å². The van der Waals surface area contributed by atoms with Crippen LogP contribution in [0.2, 0.25) is 0 Å². The van der Waals surface area contributed by atoms with Gasteiger partial charge in [0.15, 0.2) is 0 Å². The Labute approximate surface area is 119 Å². The lowest BCUT2D eigenvalue weighted by atomic mass is 9.91. The van der Waals surface area contributed by atoms with Gasteiger partial charge in [0.1, 0.15) is 5.76 Å². The van der Waals surface area contributed by atoms with Crippen LogP contribution in [0.5, 0.6) is 0 Å². The van der Waals surface area contributed by atoms with Crippen LogP contribution in [-0.2, 0) is 11.3 Å². The number of likely N-dealkylation sites (tertiary alicyclic amines) is 1. The molecular formula is C15H24N2O3. The van der Waals surface area contributed by atoms with Crippen LogP contribution < -0.4 is 5.32 Å². The van der Waals surface area contributed by atoms with E-state index >= 15 is 0 Å². The molecule has 2 N–H and O–H groups in total. The van der Waals surface area contributed by atoms with Crippen molar-refractivity contribution in [3.8, 4) is 0 Å². The van der Waals surface area contributed by atoms with Gasteiger partial charge < -0.3 is 14.8 Å². The minimum atomic E-state index is -0.227. The van der Waals surface area contributed by atoms with Gasteiger partial charge in [-0.25, -0.2) is 0 Å². The number of carbonyl (C=O) groups excluding carboxylic acids is 1. The van der Waals surface area contributed by atoms with E-state index in [1.165, 1.54) is 0 Å². The summed E-state index contributed by atoms with van der Waals surface area (Å²) in [7, 11) is 0. The first-order valence-electron chi connectivity index (χ1n) is 7.34. The molecule has 5 nitrogen and oxygen atoms in total. The monoisotopic (exact) mass is 280 g/mol. The molecule has 0 bridgehead atoms. The van der Waals surface area contributed by atoms with E-state index < -0.39 is 0 Å². The molecule has 20 heavy (non-hydrogen) atoms. The fraction of sp³-hybridized carbons (Fsp3) is 0.667. The van der Waals surface area contributed by atoms with E-state index in [0.717, 1.165) is 31.7 Å². The molecule has 1 fully saturated rings. The lowest BCUT2D eigenvalue weighted by Crippen LogP contribution is -2.51. The van der Waals surface area contributed by atoms with Crippen molar-refractivity contribution in [1.82, 2.24) is 10.2 Å². The zero-order valence-corrected chi connectivity index (χ0v) is 12.2. The van der Waals surface area contributed by atoms with Crippen molar-refractivity contribution >= 4 is 5.91 Å². The summed E-state index contributed by atoms with van der Waals surface area (Å²) in [5.41, 5.74) is 0. The lowest BCUT2D eigenvalue weighted by Gasteiger charge is -2.38. The summed E-state index contributed by atoms with van der Waals surface area (Å²) >= 11 is 0. The average Bonchev–Trinajstić information content (AvgIpc) is 2.97. The number of carbonyl (C=O) groups is 1. The van der Waals surface area contributed by atoms with Gasteiger partial charge in [0.2, 0.25) is 5.91 Å².